The molecule has 0 aromatic carbocycles. The number of rotatable bonds is 2. The van der Waals surface area contributed by atoms with Crippen LogP contribution in [0.5, 0.6) is 0 Å². The third-order valence-electron chi connectivity index (χ3n) is 2.82. The average molecular weight is 261 g/mol. The number of aromatic nitrogens is 3. The summed E-state index contributed by atoms with van der Waals surface area (Å²) in [6, 6.07) is 0.334. The van der Waals surface area contributed by atoms with Crippen LogP contribution in [0.3, 0.4) is 0 Å². The number of esters is 1. The molecule has 0 saturated carbocycles. The van der Waals surface area contributed by atoms with Crippen LogP contribution in [-0.2, 0) is 4.74 Å². The molecule has 2 heterocycles. The van der Waals surface area contributed by atoms with Crippen LogP contribution in [0, 0.1) is 0 Å². The standard InChI is InChI=1S/C10H16N4O2.ClH/c1-16-10(15)9-7-14(13-12-9)8-3-2-5-11-6-4-8;/h7-8,11H,2-6H2,1H3;1H. The number of nitrogens with one attached hydrogen (secondary N) is 1. The minimum absolute atomic E-state index is 0. The smallest absolute Gasteiger partial charge is 0.360 e. The van der Waals surface area contributed by atoms with Gasteiger partial charge in [-0.15, -0.1) is 17.5 Å². The van der Waals surface area contributed by atoms with Crippen molar-refractivity contribution in [1.82, 2.24) is 20.3 Å². The lowest BCUT2D eigenvalue weighted by Gasteiger charge is -2.12. The number of halogens is 1. The zero-order valence-electron chi connectivity index (χ0n) is 9.76. The molecule has 0 radical (unpaired) electrons. The Balaban J connectivity index is 0.00000144. The van der Waals surface area contributed by atoms with E-state index in [9.17, 15) is 4.79 Å². The van der Waals surface area contributed by atoms with Gasteiger partial charge in [0.2, 0.25) is 0 Å². The van der Waals surface area contributed by atoms with Crippen molar-refractivity contribution in [3.8, 4) is 0 Å². The predicted octanol–water partition coefficient (Wildman–Crippen LogP) is 0.801. The van der Waals surface area contributed by atoms with Crippen molar-refractivity contribution in [2.45, 2.75) is 25.3 Å². The van der Waals surface area contributed by atoms with Gasteiger partial charge in [-0.3, -0.25) is 0 Å². The van der Waals surface area contributed by atoms with E-state index >= 15 is 0 Å². The van der Waals surface area contributed by atoms with Gasteiger partial charge in [0, 0.05) is 0 Å². The van der Waals surface area contributed by atoms with Crippen molar-refractivity contribution in [1.29, 1.82) is 0 Å². The molecule has 2 rings (SSSR count). The summed E-state index contributed by atoms with van der Waals surface area (Å²) in [5.74, 6) is -0.432. The first kappa shape index (κ1) is 13.9. The molecule has 1 saturated heterocycles. The molecule has 17 heavy (non-hydrogen) atoms. The number of nitrogens with zero attached hydrogens (tertiary/aromatic N) is 3. The molecule has 0 spiro atoms. The number of ether oxygens (including phenoxy) is 1. The molecule has 1 aromatic rings. The first-order chi connectivity index (χ1) is 7.81. The molecule has 1 unspecified atom stereocenters. The maximum absolute atomic E-state index is 11.2. The van der Waals surface area contributed by atoms with Crippen LogP contribution < -0.4 is 5.32 Å². The SMILES string of the molecule is COC(=O)c1cn(C2CCCNCC2)nn1.Cl. The van der Waals surface area contributed by atoms with Crippen LogP contribution in [-0.4, -0.2) is 41.2 Å². The lowest BCUT2D eigenvalue weighted by molar-refractivity contribution is 0.0594. The van der Waals surface area contributed by atoms with Crippen molar-refractivity contribution in [3.05, 3.63) is 11.9 Å². The predicted molar refractivity (Wildman–Crippen MR) is 64.4 cm³/mol. The van der Waals surface area contributed by atoms with E-state index in [0.29, 0.717) is 6.04 Å². The van der Waals surface area contributed by atoms with Crippen LogP contribution in [0.1, 0.15) is 35.8 Å². The molecule has 0 bridgehead atoms. The van der Waals surface area contributed by atoms with E-state index in [1.807, 2.05) is 0 Å². The molecule has 7 heteroatoms. The molecule has 1 aromatic heterocycles. The van der Waals surface area contributed by atoms with Gasteiger partial charge < -0.3 is 10.1 Å². The van der Waals surface area contributed by atoms with Crippen LogP contribution in [0.4, 0.5) is 0 Å². The highest BCUT2D eigenvalue weighted by Gasteiger charge is 2.17. The van der Waals surface area contributed by atoms with Gasteiger partial charge in [0.05, 0.1) is 19.3 Å². The summed E-state index contributed by atoms with van der Waals surface area (Å²) in [5, 5.41) is 11.1. The number of carbonyl (C=O) groups is 1. The van der Waals surface area contributed by atoms with Crippen molar-refractivity contribution in [3.63, 3.8) is 0 Å². The quantitative estimate of drug-likeness (QED) is 0.797. The number of carbonyl (C=O) groups excluding carboxylic acids is 1. The highest BCUT2D eigenvalue weighted by Crippen LogP contribution is 2.18. The van der Waals surface area contributed by atoms with E-state index in [0.717, 1.165) is 32.4 Å². The van der Waals surface area contributed by atoms with Crippen molar-refractivity contribution < 1.29 is 9.53 Å². The van der Waals surface area contributed by atoms with Crippen LogP contribution >= 0.6 is 12.4 Å². The molecular formula is C10H17ClN4O2. The molecule has 1 N–H and O–H groups in total. The van der Waals surface area contributed by atoms with Crippen molar-refractivity contribution in [2.24, 2.45) is 0 Å². The highest BCUT2D eigenvalue weighted by atomic mass is 35.5. The van der Waals surface area contributed by atoms with Gasteiger partial charge in [0.1, 0.15) is 0 Å². The first-order valence-corrected chi connectivity index (χ1v) is 5.52. The van der Waals surface area contributed by atoms with Gasteiger partial charge in [-0.05, 0) is 32.4 Å². The molecule has 1 aliphatic heterocycles. The Bertz CT molecular complexity index is 361. The second-order valence-electron chi connectivity index (χ2n) is 3.91. The third-order valence-corrected chi connectivity index (χ3v) is 2.82. The Labute approximate surface area is 106 Å². The summed E-state index contributed by atoms with van der Waals surface area (Å²) in [5.41, 5.74) is 0.278. The maximum Gasteiger partial charge on any atom is 0.360 e. The minimum atomic E-state index is -0.432. The van der Waals surface area contributed by atoms with Crippen molar-refractivity contribution in [2.75, 3.05) is 20.2 Å². The Morgan fingerprint density at radius 1 is 1.53 bits per heavy atom. The number of methoxy groups -OCH3 is 1. The van der Waals surface area contributed by atoms with Gasteiger partial charge in [0.25, 0.3) is 0 Å². The molecule has 0 aliphatic carbocycles. The highest BCUT2D eigenvalue weighted by molar-refractivity contribution is 5.86. The lowest BCUT2D eigenvalue weighted by Crippen LogP contribution is -2.15. The fraction of sp³-hybridized carbons (Fsp3) is 0.700. The zero-order chi connectivity index (χ0) is 11.4. The van der Waals surface area contributed by atoms with E-state index in [2.05, 4.69) is 20.4 Å². The maximum atomic E-state index is 11.2. The lowest BCUT2D eigenvalue weighted by atomic mass is 10.1. The van der Waals surface area contributed by atoms with Crippen LogP contribution in [0.2, 0.25) is 0 Å². The second-order valence-corrected chi connectivity index (χ2v) is 3.91. The summed E-state index contributed by atoms with van der Waals surface area (Å²) in [4.78, 5) is 11.2. The number of hydrogen-bond donors (Lipinski definition) is 1. The van der Waals surface area contributed by atoms with Crippen LogP contribution in [0.25, 0.3) is 0 Å². The van der Waals surface area contributed by atoms with Gasteiger partial charge in [-0.25, -0.2) is 9.48 Å². The second kappa shape index (κ2) is 6.56. The zero-order valence-corrected chi connectivity index (χ0v) is 10.6. The van der Waals surface area contributed by atoms with E-state index in [1.54, 1.807) is 10.9 Å². The molecule has 6 nitrogen and oxygen atoms in total. The fourth-order valence-electron chi connectivity index (χ4n) is 1.92. The largest absolute Gasteiger partial charge is 0.464 e. The van der Waals surface area contributed by atoms with Gasteiger partial charge >= 0.3 is 5.97 Å². The van der Waals surface area contributed by atoms with E-state index in [-0.39, 0.29) is 18.1 Å². The van der Waals surface area contributed by atoms with Crippen molar-refractivity contribution >= 4 is 18.4 Å². The normalized spacial score (nSPS) is 20.2. The average Bonchev–Trinajstić information content (AvgIpc) is 2.64. The van der Waals surface area contributed by atoms with E-state index in [4.69, 9.17) is 0 Å². The van der Waals surface area contributed by atoms with Gasteiger partial charge in [0.15, 0.2) is 5.69 Å². The monoisotopic (exact) mass is 260 g/mol. The summed E-state index contributed by atoms with van der Waals surface area (Å²) in [6.07, 6.45) is 4.88. The topological polar surface area (TPSA) is 69.0 Å². The Hall–Kier alpha value is -1.14. The summed E-state index contributed by atoms with van der Waals surface area (Å²) < 4.78 is 6.37. The molecule has 1 atom stereocenters. The molecule has 0 amide bonds. The van der Waals surface area contributed by atoms with E-state index < -0.39 is 5.97 Å². The van der Waals surface area contributed by atoms with E-state index in [1.165, 1.54) is 7.11 Å². The van der Waals surface area contributed by atoms with Gasteiger partial charge in [-0.2, -0.15) is 0 Å². The van der Waals surface area contributed by atoms with Crippen LogP contribution in [0.15, 0.2) is 6.20 Å². The molecule has 1 fully saturated rings. The molecule has 96 valence electrons. The first-order valence-electron chi connectivity index (χ1n) is 5.52. The molecule has 1 aliphatic rings. The Morgan fingerprint density at radius 3 is 3.12 bits per heavy atom. The number of hydrogen-bond acceptors (Lipinski definition) is 5. The fourth-order valence-corrected chi connectivity index (χ4v) is 1.92. The minimum Gasteiger partial charge on any atom is -0.464 e. The summed E-state index contributed by atoms with van der Waals surface area (Å²) >= 11 is 0. The molecular weight excluding hydrogens is 244 g/mol. The summed E-state index contributed by atoms with van der Waals surface area (Å²) in [7, 11) is 1.34. The third kappa shape index (κ3) is 3.41. The Kier molecular flexibility index (Phi) is 5.37. The summed E-state index contributed by atoms with van der Waals surface area (Å²) in [6.45, 7) is 2.03. The van der Waals surface area contributed by atoms with Gasteiger partial charge in [-0.1, -0.05) is 5.21 Å². The Morgan fingerprint density at radius 2 is 2.35 bits per heavy atom.